The molecule has 0 rings (SSSR count). The van der Waals surface area contributed by atoms with Crippen LogP contribution in [0, 0.1) is 11.3 Å². The molecule has 0 N–H and O–H groups in total. The maximum atomic E-state index is 8.68. The van der Waals surface area contributed by atoms with E-state index in [0.29, 0.717) is 25.1 Å². The molecule has 0 fully saturated rings. The van der Waals surface area contributed by atoms with Crippen molar-refractivity contribution in [3.8, 4) is 6.07 Å². The van der Waals surface area contributed by atoms with Crippen LogP contribution in [0.15, 0.2) is 0 Å². The molecule has 0 saturated carbocycles. The molecule has 1 unspecified atom stereocenters. The van der Waals surface area contributed by atoms with Crippen molar-refractivity contribution in [3.63, 3.8) is 0 Å². The lowest BCUT2D eigenvalue weighted by molar-refractivity contribution is 0.174. The van der Waals surface area contributed by atoms with Gasteiger partial charge in [0, 0.05) is 12.1 Å². The normalized spacial score (nSPS) is 13.0. The predicted octanol–water partition coefficient (Wildman–Crippen LogP) is 5.64. The van der Waals surface area contributed by atoms with Gasteiger partial charge in [0.25, 0.3) is 8.53 Å². The van der Waals surface area contributed by atoms with Crippen molar-refractivity contribution in [2.45, 2.75) is 91.6 Å². The van der Waals surface area contributed by atoms with Crippen LogP contribution in [0.4, 0.5) is 0 Å². The molecule has 0 amide bonds. The molecule has 22 heavy (non-hydrogen) atoms. The minimum Gasteiger partial charge on any atom is -0.322 e. The zero-order valence-electron chi connectivity index (χ0n) is 15.2. The van der Waals surface area contributed by atoms with Crippen LogP contribution in [0.2, 0.25) is 0 Å². The topological polar surface area (TPSA) is 45.5 Å². The quantitative estimate of drug-likeness (QED) is 0.305. The molecule has 0 heterocycles. The van der Waals surface area contributed by atoms with Crippen molar-refractivity contribution in [2.24, 2.45) is 0 Å². The second-order valence-corrected chi connectivity index (χ2v) is 7.60. The first-order valence-corrected chi connectivity index (χ1v) is 9.88. The number of nitriles is 1. The molecule has 0 spiro atoms. The van der Waals surface area contributed by atoms with E-state index < -0.39 is 8.53 Å². The lowest BCUT2D eigenvalue weighted by Crippen LogP contribution is -2.33. The van der Waals surface area contributed by atoms with Crippen molar-refractivity contribution < 1.29 is 9.05 Å². The Hall–Kier alpha value is -0.200. The molecular formula is C17H35N2O2P. The maximum Gasteiger partial charge on any atom is 0.259 e. The van der Waals surface area contributed by atoms with Crippen LogP contribution < -0.4 is 0 Å². The fraction of sp³-hybridized carbons (Fsp3) is 0.941. The molecule has 0 radical (unpaired) electrons. The molecule has 0 aromatic carbocycles. The zero-order chi connectivity index (χ0) is 16.8. The van der Waals surface area contributed by atoms with Crippen molar-refractivity contribution >= 4 is 8.53 Å². The molecule has 0 aliphatic rings. The first-order chi connectivity index (χ1) is 10.5. The Bertz CT molecular complexity index is 285. The van der Waals surface area contributed by atoms with Gasteiger partial charge < -0.3 is 9.05 Å². The summed E-state index contributed by atoms with van der Waals surface area (Å²) in [7, 11) is -1.06. The van der Waals surface area contributed by atoms with Gasteiger partial charge in [0.1, 0.15) is 0 Å². The minimum atomic E-state index is -1.06. The third-order valence-electron chi connectivity index (χ3n) is 3.36. The van der Waals surface area contributed by atoms with Gasteiger partial charge in [0.05, 0.1) is 25.7 Å². The summed E-state index contributed by atoms with van der Waals surface area (Å²) < 4.78 is 14.2. The van der Waals surface area contributed by atoms with Gasteiger partial charge in [-0.05, 0) is 34.1 Å². The molecule has 1 atom stereocenters. The highest BCUT2D eigenvalue weighted by Gasteiger charge is 2.26. The molecule has 0 bridgehead atoms. The zero-order valence-corrected chi connectivity index (χ0v) is 16.1. The molecule has 0 aliphatic carbocycles. The third-order valence-corrected chi connectivity index (χ3v) is 5.47. The highest BCUT2D eigenvalue weighted by Crippen LogP contribution is 2.46. The van der Waals surface area contributed by atoms with E-state index in [1.807, 2.05) is 0 Å². The van der Waals surface area contributed by atoms with Crippen LogP contribution in [0.3, 0.4) is 0 Å². The van der Waals surface area contributed by atoms with Gasteiger partial charge in [-0.25, -0.2) is 4.67 Å². The van der Waals surface area contributed by atoms with E-state index in [2.05, 4.69) is 45.4 Å². The van der Waals surface area contributed by atoms with E-state index in [1.54, 1.807) is 0 Å². The fourth-order valence-corrected chi connectivity index (χ4v) is 3.97. The van der Waals surface area contributed by atoms with E-state index in [4.69, 9.17) is 14.3 Å². The summed E-state index contributed by atoms with van der Waals surface area (Å²) in [5.41, 5.74) is 0. The van der Waals surface area contributed by atoms with Crippen LogP contribution >= 0.6 is 8.53 Å². The average molecular weight is 330 g/mol. The first-order valence-electron chi connectivity index (χ1n) is 8.75. The van der Waals surface area contributed by atoms with Gasteiger partial charge >= 0.3 is 0 Å². The highest BCUT2D eigenvalue weighted by atomic mass is 31.2. The second kappa shape index (κ2) is 14.4. The number of nitrogens with zero attached hydrogens (tertiary/aromatic N) is 2. The highest BCUT2D eigenvalue weighted by molar-refractivity contribution is 7.44. The number of rotatable bonds is 14. The first kappa shape index (κ1) is 21.8. The Morgan fingerprint density at radius 1 is 0.909 bits per heavy atom. The van der Waals surface area contributed by atoms with E-state index >= 15 is 0 Å². The van der Waals surface area contributed by atoms with E-state index in [0.717, 1.165) is 13.0 Å². The van der Waals surface area contributed by atoms with Gasteiger partial charge in [-0.3, -0.25) is 0 Å². The smallest absolute Gasteiger partial charge is 0.259 e. The fourth-order valence-electron chi connectivity index (χ4n) is 2.34. The largest absolute Gasteiger partial charge is 0.322 e. The Kier molecular flexibility index (Phi) is 14.3. The summed E-state index contributed by atoms with van der Waals surface area (Å²) in [6, 6.07) is 2.87. The van der Waals surface area contributed by atoms with Gasteiger partial charge in [0.15, 0.2) is 0 Å². The molecule has 5 heteroatoms. The standard InChI is InChI=1S/C17H35N2O2P/c1-6-7-8-9-10-11-14-20-22(21-15-12-13-18)19(16(2)3)17(4)5/h16-17H,6-12,14-15H2,1-5H3. The number of hydrogen-bond donors (Lipinski definition) is 0. The summed E-state index contributed by atoms with van der Waals surface area (Å²) in [6.07, 6.45) is 7.98. The minimum absolute atomic E-state index is 0.373. The Labute approximate surface area is 139 Å². The van der Waals surface area contributed by atoms with Crippen LogP contribution in [-0.2, 0) is 9.05 Å². The number of unbranched alkanes of at least 4 members (excludes halogenated alkanes) is 5. The summed E-state index contributed by atoms with van der Waals surface area (Å²) in [5, 5.41) is 8.68. The monoisotopic (exact) mass is 330 g/mol. The van der Waals surface area contributed by atoms with Crippen LogP contribution in [0.5, 0.6) is 0 Å². The van der Waals surface area contributed by atoms with Gasteiger partial charge in [-0.2, -0.15) is 5.26 Å². The van der Waals surface area contributed by atoms with Gasteiger partial charge in [-0.1, -0.05) is 39.0 Å². The average Bonchev–Trinajstić information content (AvgIpc) is 2.45. The van der Waals surface area contributed by atoms with Crippen LogP contribution in [-0.4, -0.2) is 30.0 Å². The Balaban J connectivity index is 4.20. The summed E-state index contributed by atoms with van der Waals surface area (Å²) >= 11 is 0. The molecule has 0 aromatic heterocycles. The maximum absolute atomic E-state index is 8.68. The SMILES string of the molecule is CCCCCCCCOP(OCCC#N)N(C(C)C)C(C)C. The lowest BCUT2D eigenvalue weighted by Gasteiger charge is -2.35. The third kappa shape index (κ3) is 10.5. The Morgan fingerprint density at radius 3 is 2.00 bits per heavy atom. The van der Waals surface area contributed by atoms with Gasteiger partial charge in [0.2, 0.25) is 0 Å². The van der Waals surface area contributed by atoms with Crippen molar-refractivity contribution in [3.05, 3.63) is 0 Å². The van der Waals surface area contributed by atoms with Gasteiger partial charge in [-0.15, -0.1) is 0 Å². The molecule has 0 aromatic rings. The molecular weight excluding hydrogens is 295 g/mol. The van der Waals surface area contributed by atoms with Crippen molar-refractivity contribution in [1.82, 2.24) is 4.67 Å². The van der Waals surface area contributed by atoms with E-state index in [1.165, 1.54) is 32.1 Å². The summed E-state index contributed by atoms with van der Waals surface area (Å²) in [4.78, 5) is 0. The van der Waals surface area contributed by atoms with E-state index in [-0.39, 0.29) is 0 Å². The number of hydrogen-bond acceptors (Lipinski definition) is 4. The summed E-state index contributed by atoms with van der Waals surface area (Å²) in [5.74, 6) is 0. The van der Waals surface area contributed by atoms with Crippen molar-refractivity contribution in [2.75, 3.05) is 13.2 Å². The predicted molar refractivity (Wildman–Crippen MR) is 94.5 cm³/mol. The van der Waals surface area contributed by atoms with Crippen LogP contribution in [0.1, 0.15) is 79.6 Å². The Morgan fingerprint density at radius 2 is 1.45 bits per heavy atom. The molecule has 4 nitrogen and oxygen atoms in total. The molecule has 0 aliphatic heterocycles. The lowest BCUT2D eigenvalue weighted by atomic mass is 10.1. The molecule has 0 saturated heterocycles. The van der Waals surface area contributed by atoms with Crippen LogP contribution in [0.25, 0.3) is 0 Å². The van der Waals surface area contributed by atoms with E-state index in [9.17, 15) is 0 Å². The van der Waals surface area contributed by atoms with Crippen molar-refractivity contribution in [1.29, 1.82) is 5.26 Å². The molecule has 130 valence electrons. The summed E-state index contributed by atoms with van der Waals surface area (Å²) in [6.45, 7) is 12.1. The second-order valence-electron chi connectivity index (χ2n) is 6.15.